The van der Waals surface area contributed by atoms with Gasteiger partial charge in [-0.15, -0.1) is 0 Å². The van der Waals surface area contributed by atoms with E-state index < -0.39 is 9.53 Å². The number of hydrogen-bond acceptors (Lipinski definition) is 5. The molecule has 2 aliphatic carbocycles. The highest BCUT2D eigenvalue weighted by Gasteiger charge is 2.38. The topological polar surface area (TPSA) is 61.8 Å². The van der Waals surface area contributed by atoms with Crippen LogP contribution in [-0.2, 0) is 22.9 Å². The summed E-state index contributed by atoms with van der Waals surface area (Å²) < 4.78 is 17.9. The zero-order valence-corrected chi connectivity index (χ0v) is 16.9. The normalized spacial score (nSPS) is 31.0. The third-order valence-electron chi connectivity index (χ3n) is 4.73. The second kappa shape index (κ2) is 7.77. The van der Waals surface area contributed by atoms with Gasteiger partial charge in [0.25, 0.3) is 0 Å². The van der Waals surface area contributed by atoms with Gasteiger partial charge < -0.3 is 13.3 Å². The average Bonchev–Trinajstić information content (AvgIpc) is 2.33. The Kier molecular flexibility index (Phi) is 6.39. The number of rotatable bonds is 6. The van der Waals surface area contributed by atoms with Crippen molar-refractivity contribution in [1.82, 2.24) is 0 Å². The highest BCUT2D eigenvalue weighted by atomic mass is 28.3. The summed E-state index contributed by atoms with van der Waals surface area (Å²) in [6, 6.07) is 0. The molecule has 2 saturated carbocycles. The van der Waals surface area contributed by atoms with E-state index in [1.807, 2.05) is 6.92 Å². The molecule has 2 aliphatic rings. The minimum absolute atomic E-state index is 0.0338. The molecule has 5 nitrogen and oxygen atoms in total. The molecule has 2 atom stereocenters. The van der Waals surface area contributed by atoms with Crippen LogP contribution in [0.5, 0.6) is 0 Å². The minimum atomic E-state index is -2.36. The maximum atomic E-state index is 12.0. The molecule has 0 amide bonds. The number of carbonyl (C=O) groups excluding carboxylic acids is 2. The van der Waals surface area contributed by atoms with E-state index in [2.05, 4.69) is 27.7 Å². The predicted molar refractivity (Wildman–Crippen MR) is 93.8 cm³/mol. The zero-order chi connectivity index (χ0) is 18.0. The minimum Gasteiger partial charge on any atom is -0.376 e. The van der Waals surface area contributed by atoms with Crippen molar-refractivity contribution in [2.24, 2.45) is 10.8 Å². The fraction of sp³-hybridized carbons (Fsp3) is 0.889. The quantitative estimate of drug-likeness (QED) is 0.685. The van der Waals surface area contributed by atoms with E-state index in [-0.39, 0.29) is 34.6 Å². The SMILES string of the molecule is CCO[SiH](OC1CC(=O)CC(C)(C)C1)OC1CC(=O)CC(C)(C)C1. The van der Waals surface area contributed by atoms with Crippen LogP contribution in [0.1, 0.15) is 73.1 Å². The smallest absolute Gasteiger partial charge is 0.376 e. The Labute approximate surface area is 147 Å². The van der Waals surface area contributed by atoms with E-state index in [0.29, 0.717) is 32.3 Å². The summed E-state index contributed by atoms with van der Waals surface area (Å²) in [5, 5.41) is 0. The molecule has 0 radical (unpaired) electrons. The van der Waals surface area contributed by atoms with Crippen molar-refractivity contribution >= 4 is 21.1 Å². The number of hydrogen-bond donors (Lipinski definition) is 0. The van der Waals surface area contributed by atoms with Crippen molar-refractivity contribution in [2.75, 3.05) is 6.61 Å². The molecule has 2 rings (SSSR count). The summed E-state index contributed by atoms with van der Waals surface area (Å²) in [6.07, 6.45) is 3.53. The molecule has 138 valence electrons. The Balaban J connectivity index is 1.96. The van der Waals surface area contributed by atoms with Gasteiger partial charge in [-0.3, -0.25) is 9.59 Å². The van der Waals surface area contributed by atoms with Crippen LogP contribution < -0.4 is 0 Å². The van der Waals surface area contributed by atoms with Crippen LogP contribution in [0, 0.1) is 10.8 Å². The molecule has 0 N–H and O–H groups in total. The number of ketones is 2. The first-order valence-electron chi connectivity index (χ1n) is 9.04. The van der Waals surface area contributed by atoms with Gasteiger partial charge in [0.1, 0.15) is 11.6 Å². The van der Waals surface area contributed by atoms with Crippen molar-refractivity contribution in [3.8, 4) is 0 Å². The second-order valence-electron chi connectivity index (χ2n) is 8.84. The monoisotopic (exact) mass is 356 g/mol. The summed E-state index contributed by atoms with van der Waals surface area (Å²) in [7, 11) is -2.36. The van der Waals surface area contributed by atoms with E-state index in [4.69, 9.17) is 13.3 Å². The lowest BCUT2D eigenvalue weighted by molar-refractivity contribution is -0.128. The van der Waals surface area contributed by atoms with Gasteiger partial charge in [0.05, 0.1) is 12.2 Å². The van der Waals surface area contributed by atoms with Gasteiger partial charge >= 0.3 is 9.53 Å². The maximum absolute atomic E-state index is 12.0. The van der Waals surface area contributed by atoms with Gasteiger partial charge in [0.2, 0.25) is 0 Å². The molecule has 0 aliphatic heterocycles. The summed E-state index contributed by atoms with van der Waals surface area (Å²) in [5.74, 6) is 0.490. The van der Waals surface area contributed by atoms with Gasteiger partial charge in [-0.25, -0.2) is 0 Å². The van der Waals surface area contributed by atoms with Crippen LogP contribution in [0.25, 0.3) is 0 Å². The van der Waals surface area contributed by atoms with Crippen LogP contribution in [0.15, 0.2) is 0 Å². The second-order valence-corrected chi connectivity index (χ2v) is 10.3. The first-order valence-corrected chi connectivity index (χ1v) is 10.5. The van der Waals surface area contributed by atoms with Crippen LogP contribution >= 0.6 is 0 Å². The van der Waals surface area contributed by atoms with E-state index in [0.717, 1.165) is 12.8 Å². The first kappa shape index (κ1) is 19.8. The number of carbonyl (C=O) groups is 2. The Morgan fingerprint density at radius 1 is 0.917 bits per heavy atom. The largest absolute Gasteiger partial charge is 0.484 e. The first-order chi connectivity index (χ1) is 11.1. The zero-order valence-electron chi connectivity index (χ0n) is 15.7. The summed E-state index contributed by atoms with van der Waals surface area (Å²) in [4.78, 5) is 23.9. The molecule has 0 heterocycles. The van der Waals surface area contributed by atoms with Crippen LogP contribution in [0.3, 0.4) is 0 Å². The molecule has 0 saturated heterocycles. The maximum Gasteiger partial charge on any atom is 0.484 e. The Morgan fingerprint density at radius 2 is 1.33 bits per heavy atom. The fourth-order valence-electron chi connectivity index (χ4n) is 3.99. The molecule has 2 unspecified atom stereocenters. The third kappa shape index (κ3) is 6.06. The van der Waals surface area contributed by atoms with Gasteiger partial charge in [0.15, 0.2) is 0 Å². The molecular weight excluding hydrogens is 324 g/mol. The van der Waals surface area contributed by atoms with Crippen molar-refractivity contribution in [1.29, 1.82) is 0 Å². The van der Waals surface area contributed by atoms with Gasteiger partial charge in [-0.1, -0.05) is 27.7 Å². The van der Waals surface area contributed by atoms with Crippen LogP contribution in [0.2, 0.25) is 0 Å². The average molecular weight is 357 g/mol. The molecule has 2 fully saturated rings. The predicted octanol–water partition coefficient (Wildman–Crippen LogP) is 3.07. The van der Waals surface area contributed by atoms with Crippen molar-refractivity contribution in [2.45, 2.75) is 85.4 Å². The Bertz CT molecular complexity index is 434. The van der Waals surface area contributed by atoms with Gasteiger partial charge in [-0.05, 0) is 30.6 Å². The molecule has 6 heteroatoms. The van der Waals surface area contributed by atoms with E-state index in [1.54, 1.807) is 0 Å². The highest BCUT2D eigenvalue weighted by molar-refractivity contribution is 6.36. The van der Waals surface area contributed by atoms with E-state index in [9.17, 15) is 9.59 Å². The highest BCUT2D eigenvalue weighted by Crippen LogP contribution is 2.37. The van der Waals surface area contributed by atoms with Gasteiger partial charge in [-0.2, -0.15) is 0 Å². The standard InChI is InChI=1S/C18H32O5Si/c1-6-21-24(22-15-7-13(19)9-17(2,3)11-15)23-16-8-14(20)10-18(4,5)12-16/h15-16,24H,6-12H2,1-5H3. The van der Waals surface area contributed by atoms with Crippen LogP contribution in [0.4, 0.5) is 0 Å². The van der Waals surface area contributed by atoms with Crippen molar-refractivity contribution in [3.63, 3.8) is 0 Å². The molecular formula is C18H32O5Si. The summed E-state index contributed by atoms with van der Waals surface area (Å²) >= 11 is 0. The Morgan fingerprint density at radius 3 is 1.67 bits per heavy atom. The molecule has 0 aromatic heterocycles. The number of Topliss-reactive ketones (excluding diaryl/α,β-unsaturated/α-hetero) is 2. The fourth-order valence-corrected chi connectivity index (χ4v) is 5.50. The third-order valence-corrected chi connectivity index (χ3v) is 6.55. The molecule has 0 spiro atoms. The molecule has 0 bridgehead atoms. The van der Waals surface area contributed by atoms with Crippen molar-refractivity contribution < 1.29 is 22.9 Å². The van der Waals surface area contributed by atoms with Gasteiger partial charge in [0, 0.05) is 32.3 Å². The molecule has 0 aromatic carbocycles. The molecule has 24 heavy (non-hydrogen) atoms. The summed E-state index contributed by atoms with van der Waals surface area (Å²) in [5.41, 5.74) is -0.0675. The van der Waals surface area contributed by atoms with E-state index in [1.165, 1.54) is 0 Å². The molecule has 0 aromatic rings. The van der Waals surface area contributed by atoms with Crippen LogP contribution in [-0.4, -0.2) is 39.9 Å². The lowest BCUT2D eigenvalue weighted by atomic mass is 9.75. The summed E-state index contributed by atoms with van der Waals surface area (Å²) in [6.45, 7) is 10.8. The lowest BCUT2D eigenvalue weighted by Crippen LogP contribution is -2.43. The van der Waals surface area contributed by atoms with E-state index >= 15 is 0 Å². The van der Waals surface area contributed by atoms with Crippen molar-refractivity contribution in [3.05, 3.63) is 0 Å². The Hall–Kier alpha value is -0.563. The lowest BCUT2D eigenvalue weighted by Gasteiger charge is -2.38.